The Morgan fingerprint density at radius 1 is 1.29 bits per heavy atom. The normalized spacial score (nSPS) is 16.4. The fourth-order valence-electron chi connectivity index (χ4n) is 2.60. The number of hydrogen-bond donors (Lipinski definition) is 1. The molecule has 2 rings (SSSR count). The number of hydrogen-bond acceptors (Lipinski definition) is 5. The van der Waals surface area contributed by atoms with E-state index in [1.807, 2.05) is 0 Å². The molecule has 7 heteroatoms. The summed E-state index contributed by atoms with van der Waals surface area (Å²) in [5.74, 6) is -0.230. The summed E-state index contributed by atoms with van der Waals surface area (Å²) in [7, 11) is 2.13. The standard InChI is InChI=1S/C17H24N4O3/c1-19-11-13-20(14-12-19)10-4-9-18-17(22)8-7-15-5-2-3-6-16(15)21(23)24/h2-3,5-8H,4,9-14H2,1H3,(H,18,22)/b8-7+. The van der Waals surface area contributed by atoms with Gasteiger partial charge in [-0.25, -0.2) is 0 Å². The second kappa shape index (κ2) is 9.14. The zero-order chi connectivity index (χ0) is 17.4. The molecule has 0 aliphatic carbocycles. The van der Waals surface area contributed by atoms with Gasteiger partial charge in [-0.2, -0.15) is 0 Å². The van der Waals surface area contributed by atoms with Gasteiger partial charge in [0.05, 0.1) is 10.5 Å². The number of benzene rings is 1. The van der Waals surface area contributed by atoms with Crippen molar-refractivity contribution in [3.63, 3.8) is 0 Å². The molecule has 0 unspecified atom stereocenters. The van der Waals surface area contributed by atoms with Crippen LogP contribution in [0.3, 0.4) is 0 Å². The Bertz CT molecular complexity index is 595. The number of para-hydroxylation sites is 1. The van der Waals surface area contributed by atoms with Gasteiger partial charge < -0.3 is 15.1 Å². The van der Waals surface area contributed by atoms with Gasteiger partial charge in [0.15, 0.2) is 0 Å². The number of carbonyl (C=O) groups is 1. The number of nitrogens with zero attached hydrogens (tertiary/aromatic N) is 3. The Balaban J connectivity index is 1.71. The summed E-state index contributed by atoms with van der Waals surface area (Å²) >= 11 is 0. The average Bonchev–Trinajstić information content (AvgIpc) is 2.58. The molecule has 1 aromatic carbocycles. The number of amides is 1. The zero-order valence-electron chi connectivity index (χ0n) is 14.0. The largest absolute Gasteiger partial charge is 0.353 e. The first-order valence-electron chi connectivity index (χ1n) is 8.16. The van der Waals surface area contributed by atoms with Gasteiger partial charge in [-0.3, -0.25) is 14.9 Å². The van der Waals surface area contributed by atoms with Gasteiger partial charge in [0.25, 0.3) is 5.69 Å². The SMILES string of the molecule is CN1CCN(CCCNC(=O)/C=C/c2ccccc2[N+](=O)[O-])CC1. The van der Waals surface area contributed by atoms with Crippen LogP contribution in [0.15, 0.2) is 30.3 Å². The molecule has 1 heterocycles. The van der Waals surface area contributed by atoms with Crippen LogP contribution in [0.1, 0.15) is 12.0 Å². The topological polar surface area (TPSA) is 78.7 Å². The third kappa shape index (κ3) is 5.75. The monoisotopic (exact) mass is 332 g/mol. The highest BCUT2D eigenvalue weighted by molar-refractivity contribution is 5.92. The molecule has 1 aliphatic heterocycles. The number of nitro benzene ring substituents is 1. The number of nitro groups is 1. The molecule has 0 atom stereocenters. The number of carbonyl (C=O) groups excluding carboxylic acids is 1. The van der Waals surface area contributed by atoms with E-state index in [9.17, 15) is 14.9 Å². The van der Waals surface area contributed by atoms with Crippen molar-refractivity contribution in [3.8, 4) is 0 Å². The molecule has 1 N–H and O–H groups in total. The molecular weight excluding hydrogens is 308 g/mol. The smallest absolute Gasteiger partial charge is 0.276 e. The Hall–Kier alpha value is -2.25. The summed E-state index contributed by atoms with van der Waals surface area (Å²) in [6, 6.07) is 6.36. The van der Waals surface area contributed by atoms with Crippen LogP contribution in [0.2, 0.25) is 0 Å². The summed E-state index contributed by atoms with van der Waals surface area (Å²) in [4.78, 5) is 27.0. The summed E-state index contributed by atoms with van der Waals surface area (Å²) in [5.41, 5.74) is 0.423. The van der Waals surface area contributed by atoms with Gasteiger partial charge in [0, 0.05) is 44.9 Å². The first kappa shape index (κ1) is 18.1. The van der Waals surface area contributed by atoms with Gasteiger partial charge in [0.1, 0.15) is 0 Å². The van der Waals surface area contributed by atoms with E-state index in [0.29, 0.717) is 12.1 Å². The minimum atomic E-state index is -0.451. The molecule has 130 valence electrons. The van der Waals surface area contributed by atoms with Crippen LogP contribution in [0.25, 0.3) is 6.08 Å². The van der Waals surface area contributed by atoms with Crippen LogP contribution in [-0.4, -0.2) is 66.9 Å². The zero-order valence-corrected chi connectivity index (χ0v) is 14.0. The maximum absolute atomic E-state index is 11.8. The van der Waals surface area contributed by atoms with E-state index < -0.39 is 4.92 Å². The van der Waals surface area contributed by atoms with E-state index in [-0.39, 0.29) is 11.6 Å². The van der Waals surface area contributed by atoms with Gasteiger partial charge in [-0.15, -0.1) is 0 Å². The third-order valence-corrected chi connectivity index (χ3v) is 4.09. The summed E-state index contributed by atoms with van der Waals surface area (Å²) in [5, 5.41) is 13.7. The molecular formula is C17H24N4O3. The first-order chi connectivity index (χ1) is 11.6. The summed E-state index contributed by atoms with van der Waals surface area (Å²) in [6.07, 6.45) is 3.72. The minimum absolute atomic E-state index is 0.00313. The quantitative estimate of drug-likeness (QED) is 0.353. The highest BCUT2D eigenvalue weighted by Crippen LogP contribution is 2.18. The predicted molar refractivity (Wildman–Crippen MR) is 93.7 cm³/mol. The number of rotatable bonds is 7. The maximum Gasteiger partial charge on any atom is 0.276 e. The van der Waals surface area contributed by atoms with E-state index >= 15 is 0 Å². The van der Waals surface area contributed by atoms with Crippen LogP contribution in [0.4, 0.5) is 5.69 Å². The van der Waals surface area contributed by atoms with Crippen molar-refractivity contribution in [3.05, 3.63) is 46.0 Å². The highest BCUT2D eigenvalue weighted by Gasteiger charge is 2.13. The molecule has 1 amide bonds. The van der Waals surface area contributed by atoms with Crippen LogP contribution < -0.4 is 5.32 Å². The molecule has 0 saturated carbocycles. The third-order valence-electron chi connectivity index (χ3n) is 4.09. The summed E-state index contributed by atoms with van der Waals surface area (Å²) < 4.78 is 0. The number of piperazine rings is 1. The average molecular weight is 332 g/mol. The molecule has 7 nitrogen and oxygen atoms in total. The van der Waals surface area contributed by atoms with Gasteiger partial charge in [-0.1, -0.05) is 12.1 Å². The van der Waals surface area contributed by atoms with E-state index in [1.165, 1.54) is 18.2 Å². The van der Waals surface area contributed by atoms with E-state index in [2.05, 4.69) is 22.2 Å². The van der Waals surface area contributed by atoms with E-state index in [1.54, 1.807) is 18.2 Å². The Kier molecular flexibility index (Phi) is 6.89. The van der Waals surface area contributed by atoms with Crippen LogP contribution in [0.5, 0.6) is 0 Å². The van der Waals surface area contributed by atoms with Crippen molar-refractivity contribution < 1.29 is 9.72 Å². The van der Waals surface area contributed by atoms with Crippen molar-refractivity contribution in [2.75, 3.05) is 46.3 Å². The van der Waals surface area contributed by atoms with Crippen molar-refractivity contribution >= 4 is 17.7 Å². The lowest BCUT2D eigenvalue weighted by molar-refractivity contribution is -0.385. The van der Waals surface area contributed by atoms with E-state index in [0.717, 1.165) is 39.1 Å². The molecule has 1 aromatic rings. The lowest BCUT2D eigenvalue weighted by Crippen LogP contribution is -2.45. The lowest BCUT2D eigenvalue weighted by Gasteiger charge is -2.32. The van der Waals surface area contributed by atoms with Crippen molar-refractivity contribution in [1.29, 1.82) is 0 Å². The second-order valence-corrected chi connectivity index (χ2v) is 5.94. The van der Waals surface area contributed by atoms with Gasteiger partial charge in [-0.05, 0) is 32.2 Å². The molecule has 1 fully saturated rings. The van der Waals surface area contributed by atoms with Gasteiger partial charge in [0.2, 0.25) is 5.91 Å². The molecule has 0 radical (unpaired) electrons. The lowest BCUT2D eigenvalue weighted by atomic mass is 10.1. The predicted octanol–water partition coefficient (Wildman–Crippen LogP) is 1.36. The number of nitrogens with one attached hydrogen (secondary N) is 1. The van der Waals surface area contributed by atoms with Crippen molar-refractivity contribution in [1.82, 2.24) is 15.1 Å². The minimum Gasteiger partial charge on any atom is -0.353 e. The fourth-order valence-corrected chi connectivity index (χ4v) is 2.60. The Morgan fingerprint density at radius 3 is 2.71 bits per heavy atom. The van der Waals surface area contributed by atoms with Gasteiger partial charge >= 0.3 is 0 Å². The molecule has 1 aliphatic rings. The molecule has 1 saturated heterocycles. The molecule has 0 spiro atoms. The van der Waals surface area contributed by atoms with Crippen LogP contribution >= 0.6 is 0 Å². The van der Waals surface area contributed by atoms with Crippen molar-refractivity contribution in [2.45, 2.75) is 6.42 Å². The van der Waals surface area contributed by atoms with Crippen LogP contribution in [-0.2, 0) is 4.79 Å². The Labute approximate surface area is 142 Å². The van der Waals surface area contributed by atoms with Crippen molar-refractivity contribution in [2.24, 2.45) is 0 Å². The second-order valence-electron chi connectivity index (χ2n) is 5.94. The molecule has 0 aromatic heterocycles. The molecule has 0 bridgehead atoms. The fraction of sp³-hybridized carbons (Fsp3) is 0.471. The summed E-state index contributed by atoms with van der Waals surface area (Å²) in [6.45, 7) is 5.90. The Morgan fingerprint density at radius 2 is 2.00 bits per heavy atom. The maximum atomic E-state index is 11.8. The first-order valence-corrected chi connectivity index (χ1v) is 8.16. The number of likely N-dealkylation sites (N-methyl/N-ethyl adjacent to an activating group) is 1. The van der Waals surface area contributed by atoms with E-state index in [4.69, 9.17) is 0 Å². The van der Waals surface area contributed by atoms with Crippen LogP contribution in [0, 0.1) is 10.1 Å². The highest BCUT2D eigenvalue weighted by atomic mass is 16.6. The molecule has 24 heavy (non-hydrogen) atoms.